The number of hydrogen-bond acceptors (Lipinski definition) is 5. The van der Waals surface area contributed by atoms with E-state index in [1.807, 2.05) is 18.0 Å². The van der Waals surface area contributed by atoms with Crippen molar-refractivity contribution in [2.45, 2.75) is 35.3 Å². The molecule has 3 N–H and O–H groups in total. The van der Waals surface area contributed by atoms with Crippen LogP contribution in [0.5, 0.6) is 5.75 Å². The molecule has 2 bridgehead atoms. The summed E-state index contributed by atoms with van der Waals surface area (Å²) in [7, 11) is 0. The van der Waals surface area contributed by atoms with E-state index in [-0.39, 0.29) is 27.6 Å². The number of nitrogens with one attached hydrogen (secondary N) is 2. The van der Waals surface area contributed by atoms with Gasteiger partial charge in [-0.3, -0.25) is 9.79 Å². The van der Waals surface area contributed by atoms with Gasteiger partial charge < -0.3 is 10.4 Å². The van der Waals surface area contributed by atoms with Gasteiger partial charge in [-0.2, -0.15) is 0 Å². The Bertz CT molecular complexity index is 1030. The number of benzene rings is 1. The topological polar surface area (TPSA) is 75.7 Å². The molecule has 1 aliphatic carbocycles. The second-order valence-electron chi connectivity index (χ2n) is 7.16. The highest BCUT2D eigenvalue weighted by Crippen LogP contribution is 2.58. The summed E-state index contributed by atoms with van der Waals surface area (Å²) in [6.45, 7) is 0.880. The third-order valence-corrected chi connectivity index (χ3v) is 7.49. The summed E-state index contributed by atoms with van der Waals surface area (Å²) in [5.41, 5.74) is 3.66. The smallest absolute Gasteiger partial charge is 0.214 e. The summed E-state index contributed by atoms with van der Waals surface area (Å²) in [4.78, 5) is 20.0. The summed E-state index contributed by atoms with van der Waals surface area (Å²) >= 11 is 1.83. The fraction of sp³-hybridized carbons (Fsp3) is 0.389. The van der Waals surface area contributed by atoms with Crippen molar-refractivity contribution < 1.29 is 14.9 Å². The van der Waals surface area contributed by atoms with E-state index in [0.29, 0.717) is 12.1 Å². The normalized spacial score (nSPS) is 33.7. The first-order valence-electron chi connectivity index (χ1n) is 8.39. The van der Waals surface area contributed by atoms with Crippen molar-refractivity contribution in [1.82, 2.24) is 0 Å². The van der Waals surface area contributed by atoms with Crippen molar-refractivity contribution >= 4 is 40.7 Å². The Morgan fingerprint density at radius 2 is 2.38 bits per heavy atom. The molecular weight excluding hydrogens is 322 g/mol. The fourth-order valence-corrected chi connectivity index (χ4v) is 6.71. The molecule has 1 aromatic rings. The predicted molar refractivity (Wildman–Crippen MR) is 92.3 cm³/mol. The number of nitrogens with zero attached hydrogens (tertiary/aromatic N) is 1. The first-order valence-corrected chi connectivity index (χ1v) is 9.33. The van der Waals surface area contributed by atoms with Gasteiger partial charge in [0, 0.05) is 29.7 Å². The molecule has 1 aromatic carbocycles. The number of ketones is 1. The number of aromatic hydroxyl groups is 1. The third-order valence-electron chi connectivity index (χ3n) is 5.96. The second-order valence-corrected chi connectivity index (χ2v) is 8.57. The number of hydrogen-bond donors (Lipinski definition) is 3. The lowest BCUT2D eigenvalue weighted by Gasteiger charge is -2.37. The zero-order chi connectivity index (χ0) is 16.1. The molecule has 6 heteroatoms. The summed E-state index contributed by atoms with van der Waals surface area (Å²) in [5.74, 6) is 0.462. The Balaban J connectivity index is 1.79. The van der Waals surface area contributed by atoms with Gasteiger partial charge in [0.05, 0.1) is 21.8 Å². The van der Waals surface area contributed by atoms with Crippen LogP contribution in [-0.4, -0.2) is 34.3 Å². The summed E-state index contributed by atoms with van der Waals surface area (Å²) in [6, 6.07) is 0. The quantitative estimate of drug-likeness (QED) is 0.552. The van der Waals surface area contributed by atoms with Crippen LogP contribution in [0.25, 0.3) is 5.57 Å². The van der Waals surface area contributed by atoms with Crippen LogP contribution in [0.2, 0.25) is 0 Å². The van der Waals surface area contributed by atoms with E-state index in [2.05, 4.69) is 21.4 Å². The summed E-state index contributed by atoms with van der Waals surface area (Å²) in [5, 5.41) is 17.0. The molecule has 5 aliphatic rings. The van der Waals surface area contributed by atoms with Crippen molar-refractivity contribution in [3.63, 3.8) is 0 Å². The zero-order valence-electron chi connectivity index (χ0n) is 12.9. The van der Waals surface area contributed by atoms with Gasteiger partial charge in [-0.15, -0.1) is 11.8 Å². The van der Waals surface area contributed by atoms with Crippen molar-refractivity contribution in [1.29, 1.82) is 0 Å². The molecule has 0 radical (unpaired) electrons. The lowest BCUT2D eigenvalue weighted by atomic mass is 9.68. The lowest BCUT2D eigenvalue weighted by molar-refractivity contribution is -0.501. The number of thioether (sulfide) groups is 1. The number of rotatable bonds is 0. The number of allylic oxidation sites excluding steroid dienone is 2. The molecule has 6 rings (SSSR count). The maximum absolute atomic E-state index is 12.0. The number of anilines is 1. The minimum Gasteiger partial charge on any atom is -0.504 e. The van der Waals surface area contributed by atoms with Crippen LogP contribution in [0.15, 0.2) is 17.1 Å². The standard InChI is InChI=1S/C18H15N3O2S/c22-9-1-3-18-6-11(24-10(18)5-9)21-16-13(18)14-12-8(2-4-19-14)7-20-15(12)17(16)23/h1,3,7,10-11,21,23H,2,4-6H2/p+1/t10-,11+,18+/m1/s1. The van der Waals surface area contributed by atoms with E-state index in [4.69, 9.17) is 0 Å². The molecular formula is C18H16N3O2S+. The lowest BCUT2D eigenvalue weighted by Crippen LogP contribution is -2.83. The first kappa shape index (κ1) is 13.2. The predicted octanol–water partition coefficient (Wildman–Crippen LogP) is -0.613. The monoisotopic (exact) mass is 338 g/mol. The average Bonchev–Trinajstić information content (AvgIpc) is 3.12. The molecule has 4 aliphatic heterocycles. The SMILES string of the molecule is O=C1C=C[C@@]23C[C@@H](Nc4c(O)c5c6c(c42)=[NH+]CCC=6C=N5)S[C@@H]3C1. The maximum atomic E-state index is 12.0. The van der Waals surface area contributed by atoms with Gasteiger partial charge in [0.15, 0.2) is 11.5 Å². The van der Waals surface area contributed by atoms with Gasteiger partial charge in [0.25, 0.3) is 0 Å². The molecule has 1 fully saturated rings. The number of phenols is 1. The Kier molecular flexibility index (Phi) is 2.27. The van der Waals surface area contributed by atoms with E-state index in [0.717, 1.165) is 41.2 Å². The van der Waals surface area contributed by atoms with E-state index in [1.54, 1.807) is 6.08 Å². The van der Waals surface area contributed by atoms with Crippen molar-refractivity contribution in [3.05, 3.63) is 28.3 Å². The number of aliphatic imine (C=N–C) groups is 1. The highest BCUT2D eigenvalue weighted by Gasteiger charge is 2.56. The zero-order valence-corrected chi connectivity index (χ0v) is 13.7. The van der Waals surface area contributed by atoms with Gasteiger partial charge in [-0.05, 0) is 18.1 Å². The Hall–Kier alpha value is -2.08. The molecule has 0 amide bonds. The van der Waals surface area contributed by atoms with Crippen LogP contribution < -0.4 is 20.9 Å². The van der Waals surface area contributed by atoms with E-state index in [9.17, 15) is 9.90 Å². The van der Waals surface area contributed by atoms with Crippen LogP contribution in [0.4, 0.5) is 11.4 Å². The largest absolute Gasteiger partial charge is 0.504 e. The molecule has 0 aromatic heterocycles. The van der Waals surface area contributed by atoms with Crippen LogP contribution in [0.1, 0.15) is 24.8 Å². The van der Waals surface area contributed by atoms with E-state index >= 15 is 0 Å². The number of carbonyl (C=O) groups is 1. The second kappa shape index (κ2) is 4.11. The van der Waals surface area contributed by atoms with Gasteiger partial charge in [-0.1, -0.05) is 6.08 Å². The molecule has 3 atom stereocenters. The highest BCUT2D eigenvalue weighted by atomic mass is 32.2. The summed E-state index contributed by atoms with van der Waals surface area (Å²) < 4.78 is 0. The van der Waals surface area contributed by atoms with Crippen LogP contribution in [0, 0.1) is 0 Å². The maximum Gasteiger partial charge on any atom is 0.214 e. The van der Waals surface area contributed by atoms with Crippen molar-refractivity contribution in [2.75, 3.05) is 11.9 Å². The molecule has 1 saturated heterocycles. The first-order chi connectivity index (χ1) is 11.7. The van der Waals surface area contributed by atoms with Gasteiger partial charge in [-0.25, -0.2) is 4.99 Å². The fourth-order valence-electron chi connectivity index (χ4n) is 4.96. The third kappa shape index (κ3) is 1.38. The van der Waals surface area contributed by atoms with Gasteiger partial charge >= 0.3 is 0 Å². The van der Waals surface area contributed by atoms with Gasteiger partial charge in [0.1, 0.15) is 12.2 Å². The van der Waals surface area contributed by atoms with E-state index < -0.39 is 0 Å². The molecule has 0 saturated carbocycles. The summed E-state index contributed by atoms with van der Waals surface area (Å²) in [6.07, 6.45) is 8.20. The molecule has 4 heterocycles. The van der Waals surface area contributed by atoms with Crippen LogP contribution in [-0.2, 0) is 10.2 Å². The Morgan fingerprint density at radius 1 is 1.46 bits per heavy atom. The molecule has 5 nitrogen and oxygen atoms in total. The minimum absolute atomic E-state index is 0.177. The van der Waals surface area contributed by atoms with Gasteiger partial charge in [0.2, 0.25) is 5.36 Å². The molecule has 24 heavy (non-hydrogen) atoms. The Morgan fingerprint density at radius 3 is 3.29 bits per heavy atom. The molecule has 1 spiro atoms. The minimum atomic E-state index is -0.177. The van der Waals surface area contributed by atoms with Crippen LogP contribution in [0.3, 0.4) is 0 Å². The number of fused-ring (bicyclic) bond motifs is 3. The highest BCUT2D eigenvalue weighted by molar-refractivity contribution is 8.01. The number of carbonyl (C=O) groups excluding carboxylic acids is 1. The van der Waals surface area contributed by atoms with Crippen molar-refractivity contribution in [2.24, 2.45) is 4.99 Å². The Labute approximate surface area is 142 Å². The molecule has 120 valence electrons. The average molecular weight is 338 g/mol. The van der Waals surface area contributed by atoms with E-state index in [1.165, 1.54) is 5.57 Å². The molecule has 0 unspecified atom stereocenters. The van der Waals surface area contributed by atoms with Crippen molar-refractivity contribution in [3.8, 4) is 5.75 Å². The van der Waals surface area contributed by atoms with Crippen LogP contribution >= 0.6 is 11.8 Å². The number of phenolic OH excluding ortho intramolecular Hbond substituents is 1.